The largest absolute Gasteiger partial charge is 0.478 e. The van der Waals surface area contributed by atoms with Gasteiger partial charge in [0.15, 0.2) is 9.84 Å². The second-order valence-corrected chi connectivity index (χ2v) is 6.74. The maximum absolute atomic E-state index is 11.7. The van der Waals surface area contributed by atoms with Gasteiger partial charge in [-0.3, -0.25) is 4.79 Å². The van der Waals surface area contributed by atoms with Crippen LogP contribution in [-0.2, 0) is 14.6 Å². The maximum Gasteiger partial charge on any atom is 0.335 e. The summed E-state index contributed by atoms with van der Waals surface area (Å²) < 4.78 is 22.5. The Balaban J connectivity index is 3.16. The first-order chi connectivity index (χ1) is 9.52. The summed E-state index contributed by atoms with van der Waals surface area (Å²) in [5.74, 6) is -3.62. The van der Waals surface area contributed by atoms with Gasteiger partial charge in [-0.1, -0.05) is 0 Å². The van der Waals surface area contributed by atoms with E-state index in [1.807, 2.05) is 0 Å². The van der Waals surface area contributed by atoms with Gasteiger partial charge < -0.3 is 15.5 Å². The van der Waals surface area contributed by atoms with Crippen molar-refractivity contribution in [2.24, 2.45) is 0 Å². The van der Waals surface area contributed by atoms with Gasteiger partial charge in [0, 0.05) is 11.9 Å². The van der Waals surface area contributed by atoms with Crippen LogP contribution >= 0.6 is 0 Å². The number of aromatic carboxylic acids is 2. The molecule has 1 amide bonds. The van der Waals surface area contributed by atoms with Crippen molar-refractivity contribution in [2.45, 2.75) is 12.2 Å². The van der Waals surface area contributed by atoms with Gasteiger partial charge in [0.25, 0.3) is 0 Å². The standard InChI is InChI=1S/C12H13NO7S/c1-6(21(2,19)20)10(14)13-9-4-7(11(15)16)3-8(5-9)12(17)18/h3-6H,1-2H3,(H,13,14)(H,15,16)(H,17,18). The SMILES string of the molecule is CC(C(=O)Nc1cc(C(=O)O)cc(C(=O)O)c1)S(C)(=O)=O. The lowest BCUT2D eigenvalue weighted by Crippen LogP contribution is -2.31. The van der Waals surface area contributed by atoms with E-state index in [0.29, 0.717) is 0 Å². The molecule has 8 nitrogen and oxygen atoms in total. The Hall–Kier alpha value is -2.42. The van der Waals surface area contributed by atoms with E-state index in [9.17, 15) is 22.8 Å². The first-order valence-corrected chi connectivity index (χ1v) is 7.59. The predicted molar refractivity (Wildman–Crippen MR) is 73.3 cm³/mol. The molecule has 0 fully saturated rings. The highest BCUT2D eigenvalue weighted by Gasteiger charge is 2.24. The molecule has 3 N–H and O–H groups in total. The van der Waals surface area contributed by atoms with E-state index in [0.717, 1.165) is 24.5 Å². The van der Waals surface area contributed by atoms with Crippen LogP contribution in [0.4, 0.5) is 5.69 Å². The van der Waals surface area contributed by atoms with Gasteiger partial charge in [-0.05, 0) is 25.1 Å². The summed E-state index contributed by atoms with van der Waals surface area (Å²) in [7, 11) is -3.62. The van der Waals surface area contributed by atoms with Gasteiger partial charge in [-0.2, -0.15) is 0 Å². The van der Waals surface area contributed by atoms with Crippen LogP contribution in [0.2, 0.25) is 0 Å². The highest BCUT2D eigenvalue weighted by Crippen LogP contribution is 2.16. The summed E-state index contributed by atoms with van der Waals surface area (Å²) in [5.41, 5.74) is -0.776. The van der Waals surface area contributed by atoms with Gasteiger partial charge in [-0.15, -0.1) is 0 Å². The number of anilines is 1. The summed E-state index contributed by atoms with van der Waals surface area (Å²) in [5, 5.41) is 18.6. The molecule has 1 rings (SSSR count). The molecule has 0 saturated carbocycles. The van der Waals surface area contributed by atoms with Crippen LogP contribution in [0.1, 0.15) is 27.6 Å². The number of carboxylic acids is 2. The molecule has 1 aromatic carbocycles. The molecule has 9 heteroatoms. The molecule has 1 aromatic rings. The lowest BCUT2D eigenvalue weighted by molar-refractivity contribution is -0.115. The monoisotopic (exact) mass is 315 g/mol. The number of carboxylic acid groups (broad SMARTS) is 2. The minimum atomic E-state index is -3.62. The highest BCUT2D eigenvalue weighted by atomic mass is 32.2. The zero-order valence-corrected chi connectivity index (χ0v) is 12.0. The van der Waals surface area contributed by atoms with Crippen molar-refractivity contribution in [2.75, 3.05) is 11.6 Å². The highest BCUT2D eigenvalue weighted by molar-refractivity contribution is 7.92. The molecule has 0 radical (unpaired) electrons. The molecule has 0 aliphatic rings. The number of carbonyl (C=O) groups is 3. The van der Waals surface area contributed by atoms with Crippen molar-refractivity contribution in [3.63, 3.8) is 0 Å². The molecular formula is C12H13NO7S. The lowest BCUT2D eigenvalue weighted by Gasteiger charge is -2.11. The van der Waals surface area contributed by atoms with E-state index in [1.165, 1.54) is 6.92 Å². The van der Waals surface area contributed by atoms with Gasteiger partial charge in [0.05, 0.1) is 11.1 Å². The fraction of sp³-hybridized carbons (Fsp3) is 0.250. The van der Waals surface area contributed by atoms with Crippen molar-refractivity contribution in [1.82, 2.24) is 0 Å². The Morgan fingerprint density at radius 3 is 1.81 bits per heavy atom. The van der Waals surface area contributed by atoms with Crippen molar-refractivity contribution in [3.8, 4) is 0 Å². The number of carbonyl (C=O) groups excluding carboxylic acids is 1. The van der Waals surface area contributed by atoms with E-state index in [2.05, 4.69) is 5.32 Å². The first kappa shape index (κ1) is 16.6. The maximum atomic E-state index is 11.7. The number of rotatable bonds is 5. The van der Waals surface area contributed by atoms with E-state index in [-0.39, 0.29) is 16.8 Å². The van der Waals surface area contributed by atoms with Crippen LogP contribution in [0.3, 0.4) is 0 Å². The molecule has 0 heterocycles. The second kappa shape index (κ2) is 5.92. The summed E-state index contributed by atoms with van der Waals surface area (Å²) in [6, 6.07) is 3.02. The van der Waals surface area contributed by atoms with Gasteiger partial charge >= 0.3 is 11.9 Å². The Morgan fingerprint density at radius 1 is 1.05 bits per heavy atom. The summed E-state index contributed by atoms with van der Waals surface area (Å²) in [4.78, 5) is 33.5. The van der Waals surface area contributed by atoms with E-state index in [1.54, 1.807) is 0 Å². The number of nitrogens with one attached hydrogen (secondary N) is 1. The van der Waals surface area contributed by atoms with Crippen LogP contribution in [0.15, 0.2) is 18.2 Å². The van der Waals surface area contributed by atoms with Crippen molar-refractivity contribution in [3.05, 3.63) is 29.3 Å². The molecule has 0 saturated heterocycles. The van der Waals surface area contributed by atoms with Crippen LogP contribution < -0.4 is 5.32 Å². The molecule has 0 spiro atoms. The number of benzene rings is 1. The molecule has 21 heavy (non-hydrogen) atoms. The fourth-order valence-corrected chi connectivity index (χ4v) is 1.83. The molecule has 0 aromatic heterocycles. The number of sulfone groups is 1. The Morgan fingerprint density at radius 2 is 1.48 bits per heavy atom. The minimum Gasteiger partial charge on any atom is -0.478 e. The molecule has 0 aliphatic carbocycles. The van der Waals surface area contributed by atoms with Crippen LogP contribution in [-0.4, -0.2) is 48.0 Å². The van der Waals surface area contributed by atoms with Crippen LogP contribution in [0, 0.1) is 0 Å². The van der Waals surface area contributed by atoms with Gasteiger partial charge in [-0.25, -0.2) is 18.0 Å². The average molecular weight is 315 g/mol. The van der Waals surface area contributed by atoms with Gasteiger partial charge in [0.2, 0.25) is 5.91 Å². The smallest absolute Gasteiger partial charge is 0.335 e. The molecule has 0 aliphatic heterocycles. The van der Waals surface area contributed by atoms with E-state index >= 15 is 0 Å². The Labute approximate surface area is 120 Å². The lowest BCUT2D eigenvalue weighted by atomic mass is 10.1. The average Bonchev–Trinajstić information content (AvgIpc) is 2.36. The normalized spacial score (nSPS) is 12.5. The molecule has 1 atom stereocenters. The van der Waals surface area contributed by atoms with E-state index < -0.39 is 32.9 Å². The van der Waals surface area contributed by atoms with Crippen LogP contribution in [0.25, 0.3) is 0 Å². The Kier molecular flexibility index (Phi) is 4.69. The molecule has 114 valence electrons. The fourth-order valence-electron chi connectivity index (χ4n) is 1.39. The van der Waals surface area contributed by atoms with Crippen molar-refractivity contribution >= 4 is 33.4 Å². The number of amides is 1. The third-order valence-corrected chi connectivity index (χ3v) is 4.20. The number of hydrogen-bond donors (Lipinski definition) is 3. The minimum absolute atomic E-state index is 0.104. The van der Waals surface area contributed by atoms with Gasteiger partial charge in [0.1, 0.15) is 5.25 Å². The van der Waals surface area contributed by atoms with Crippen molar-refractivity contribution in [1.29, 1.82) is 0 Å². The summed E-state index contributed by atoms with van der Waals surface area (Å²) in [6.45, 7) is 1.17. The molecule has 0 bridgehead atoms. The second-order valence-electron chi connectivity index (χ2n) is 4.37. The zero-order valence-electron chi connectivity index (χ0n) is 11.2. The summed E-state index contributed by atoms with van der Waals surface area (Å²) >= 11 is 0. The quantitative estimate of drug-likeness (QED) is 0.717. The molecular weight excluding hydrogens is 302 g/mol. The van der Waals surface area contributed by atoms with Crippen LogP contribution in [0.5, 0.6) is 0 Å². The topological polar surface area (TPSA) is 138 Å². The number of hydrogen-bond acceptors (Lipinski definition) is 5. The zero-order chi connectivity index (χ0) is 16.4. The van der Waals surface area contributed by atoms with Crippen molar-refractivity contribution < 1.29 is 33.0 Å². The third-order valence-electron chi connectivity index (χ3n) is 2.71. The van der Waals surface area contributed by atoms with E-state index in [4.69, 9.17) is 10.2 Å². The third kappa shape index (κ3) is 4.28. The molecule has 1 unspecified atom stereocenters. The predicted octanol–water partition coefficient (Wildman–Crippen LogP) is 0.455. The first-order valence-electron chi connectivity index (χ1n) is 5.63. The Bertz CT molecular complexity index is 676. The summed E-state index contributed by atoms with van der Waals surface area (Å²) in [6.07, 6.45) is 0.883.